The number of rotatable bonds is 4. The molecule has 0 amide bonds. The van der Waals surface area contributed by atoms with E-state index in [0.717, 1.165) is 4.47 Å². The van der Waals surface area contributed by atoms with E-state index in [0.29, 0.717) is 37.6 Å². The van der Waals surface area contributed by atoms with Crippen LogP contribution in [0.4, 0.5) is 0 Å². The molecule has 0 radical (unpaired) electrons. The molecule has 1 atom stereocenters. The Kier molecular flexibility index (Phi) is 5.38. The van der Waals surface area contributed by atoms with Crippen LogP contribution in [0.1, 0.15) is 6.92 Å². The summed E-state index contributed by atoms with van der Waals surface area (Å²) in [5.41, 5.74) is 0. The monoisotopic (exact) mass is 371 g/mol. The van der Waals surface area contributed by atoms with E-state index in [1.807, 2.05) is 6.92 Å². The molecule has 0 spiro atoms. The van der Waals surface area contributed by atoms with Crippen LogP contribution < -0.4 is 0 Å². The summed E-state index contributed by atoms with van der Waals surface area (Å²) >= 11 is 3.30. The molecule has 1 aromatic carbocycles. The van der Waals surface area contributed by atoms with Gasteiger partial charge in [0.25, 0.3) is 0 Å². The van der Waals surface area contributed by atoms with Crippen molar-refractivity contribution in [2.45, 2.75) is 11.8 Å². The number of hydrogen-bond donors (Lipinski definition) is 0. The van der Waals surface area contributed by atoms with Crippen molar-refractivity contribution in [2.24, 2.45) is 5.92 Å². The lowest BCUT2D eigenvalue weighted by Crippen LogP contribution is -2.49. The summed E-state index contributed by atoms with van der Waals surface area (Å²) < 4.78 is 27.4. The van der Waals surface area contributed by atoms with E-state index in [1.54, 1.807) is 24.3 Å². The van der Waals surface area contributed by atoms with Gasteiger partial charge in [-0.2, -0.15) is 9.57 Å². The Morgan fingerprint density at radius 3 is 2.57 bits per heavy atom. The van der Waals surface area contributed by atoms with Crippen LogP contribution in [0.3, 0.4) is 0 Å². The molecule has 1 aromatic rings. The third-order valence-corrected chi connectivity index (χ3v) is 5.91. The third-order valence-electron chi connectivity index (χ3n) is 3.52. The van der Waals surface area contributed by atoms with E-state index in [1.165, 1.54) is 4.31 Å². The minimum Gasteiger partial charge on any atom is -0.299 e. The van der Waals surface area contributed by atoms with Crippen molar-refractivity contribution in [3.8, 4) is 6.07 Å². The Hall–Kier alpha value is -0.940. The second-order valence-corrected chi connectivity index (χ2v) is 8.05. The van der Waals surface area contributed by atoms with Gasteiger partial charge in [0.2, 0.25) is 10.0 Å². The number of piperazine rings is 1. The zero-order valence-corrected chi connectivity index (χ0v) is 14.3. The van der Waals surface area contributed by atoms with Gasteiger partial charge in [-0.1, -0.05) is 22.0 Å². The highest BCUT2D eigenvalue weighted by Crippen LogP contribution is 2.21. The van der Waals surface area contributed by atoms with Crippen LogP contribution in [-0.2, 0) is 10.0 Å². The Labute approximate surface area is 134 Å². The molecule has 0 bridgehead atoms. The fraction of sp³-hybridized carbons (Fsp3) is 0.500. The van der Waals surface area contributed by atoms with Crippen molar-refractivity contribution in [3.63, 3.8) is 0 Å². The van der Waals surface area contributed by atoms with Crippen LogP contribution in [0, 0.1) is 17.2 Å². The van der Waals surface area contributed by atoms with Gasteiger partial charge in [0.05, 0.1) is 16.9 Å². The van der Waals surface area contributed by atoms with Gasteiger partial charge in [-0.25, -0.2) is 8.42 Å². The Morgan fingerprint density at radius 2 is 2.00 bits per heavy atom. The lowest BCUT2D eigenvalue weighted by molar-refractivity contribution is 0.178. The predicted molar refractivity (Wildman–Crippen MR) is 84.1 cm³/mol. The molecule has 0 aromatic heterocycles. The molecule has 114 valence electrons. The largest absolute Gasteiger partial charge is 0.299 e. The number of nitrogens with zero attached hydrogens (tertiary/aromatic N) is 3. The quantitative estimate of drug-likeness (QED) is 0.810. The van der Waals surface area contributed by atoms with Crippen molar-refractivity contribution < 1.29 is 8.42 Å². The maximum atomic E-state index is 12.6. The van der Waals surface area contributed by atoms with Gasteiger partial charge in [0.15, 0.2) is 0 Å². The van der Waals surface area contributed by atoms with Crippen LogP contribution >= 0.6 is 15.9 Å². The highest BCUT2D eigenvalue weighted by atomic mass is 79.9. The molecular weight excluding hydrogens is 354 g/mol. The SMILES string of the molecule is C[C@H](C#N)CN1CCN(S(=O)(=O)c2cccc(Br)c2)CC1. The smallest absolute Gasteiger partial charge is 0.243 e. The lowest BCUT2D eigenvalue weighted by atomic mass is 10.2. The highest BCUT2D eigenvalue weighted by Gasteiger charge is 2.28. The summed E-state index contributed by atoms with van der Waals surface area (Å²) in [6, 6.07) is 8.98. The molecule has 1 heterocycles. The van der Waals surface area contributed by atoms with Crippen molar-refractivity contribution in [2.75, 3.05) is 32.7 Å². The molecule has 21 heavy (non-hydrogen) atoms. The minimum atomic E-state index is -3.43. The first-order valence-corrected chi connectivity index (χ1v) is 9.04. The third kappa shape index (κ3) is 4.04. The number of nitriles is 1. The average Bonchev–Trinajstić information content (AvgIpc) is 2.47. The molecule has 1 fully saturated rings. The van der Waals surface area contributed by atoms with Crippen molar-refractivity contribution >= 4 is 26.0 Å². The lowest BCUT2D eigenvalue weighted by Gasteiger charge is -2.34. The van der Waals surface area contributed by atoms with Crippen molar-refractivity contribution in [1.82, 2.24) is 9.21 Å². The van der Waals surface area contributed by atoms with E-state index in [4.69, 9.17) is 5.26 Å². The van der Waals surface area contributed by atoms with E-state index in [-0.39, 0.29) is 5.92 Å². The van der Waals surface area contributed by atoms with E-state index in [2.05, 4.69) is 26.9 Å². The number of benzene rings is 1. The molecule has 5 nitrogen and oxygen atoms in total. The molecule has 2 rings (SSSR count). The molecule has 0 N–H and O–H groups in total. The Morgan fingerprint density at radius 1 is 1.33 bits per heavy atom. The molecular formula is C14H18BrN3O2S. The van der Waals surface area contributed by atoms with Crippen LogP contribution in [-0.4, -0.2) is 50.3 Å². The molecule has 7 heteroatoms. The fourth-order valence-corrected chi connectivity index (χ4v) is 4.38. The van der Waals surface area contributed by atoms with E-state index < -0.39 is 10.0 Å². The number of halogens is 1. The summed E-state index contributed by atoms with van der Waals surface area (Å²) in [4.78, 5) is 2.46. The molecule has 0 saturated carbocycles. The Balaban J connectivity index is 2.03. The molecule has 0 aliphatic carbocycles. The zero-order valence-electron chi connectivity index (χ0n) is 11.9. The second kappa shape index (κ2) is 6.88. The molecule has 1 aliphatic rings. The molecule has 0 unspecified atom stereocenters. The van der Waals surface area contributed by atoms with Crippen LogP contribution in [0.25, 0.3) is 0 Å². The maximum absolute atomic E-state index is 12.6. The number of hydrogen-bond acceptors (Lipinski definition) is 4. The standard InChI is InChI=1S/C14H18BrN3O2S/c1-12(10-16)11-17-5-7-18(8-6-17)21(19,20)14-4-2-3-13(15)9-14/h2-4,9,12H,5-8,11H2,1H3/t12-/m1/s1. The number of sulfonamides is 1. The average molecular weight is 372 g/mol. The van der Waals surface area contributed by atoms with Crippen LogP contribution in [0.2, 0.25) is 0 Å². The van der Waals surface area contributed by atoms with Gasteiger partial charge in [0.1, 0.15) is 0 Å². The maximum Gasteiger partial charge on any atom is 0.243 e. The van der Waals surface area contributed by atoms with E-state index >= 15 is 0 Å². The van der Waals surface area contributed by atoms with Gasteiger partial charge in [0, 0.05) is 37.2 Å². The summed E-state index contributed by atoms with van der Waals surface area (Å²) in [6.07, 6.45) is 0. The first-order valence-electron chi connectivity index (χ1n) is 6.81. The fourth-order valence-electron chi connectivity index (χ4n) is 2.36. The molecule has 1 saturated heterocycles. The van der Waals surface area contributed by atoms with Gasteiger partial charge < -0.3 is 0 Å². The van der Waals surface area contributed by atoms with Crippen LogP contribution in [0.15, 0.2) is 33.6 Å². The second-order valence-electron chi connectivity index (χ2n) is 5.19. The normalized spacial score (nSPS) is 19.1. The predicted octanol–water partition coefficient (Wildman–Crippen LogP) is 1.92. The first-order chi connectivity index (χ1) is 9.93. The van der Waals surface area contributed by atoms with Gasteiger partial charge in [-0.3, -0.25) is 4.90 Å². The summed E-state index contributed by atoms with van der Waals surface area (Å²) in [5, 5.41) is 8.83. The minimum absolute atomic E-state index is 0.0294. The zero-order chi connectivity index (χ0) is 15.5. The van der Waals surface area contributed by atoms with E-state index in [9.17, 15) is 8.42 Å². The van der Waals surface area contributed by atoms with Gasteiger partial charge >= 0.3 is 0 Å². The highest BCUT2D eigenvalue weighted by molar-refractivity contribution is 9.10. The summed E-state index contributed by atoms with van der Waals surface area (Å²) in [6.45, 7) is 4.84. The summed E-state index contributed by atoms with van der Waals surface area (Å²) in [5.74, 6) is -0.0294. The Bertz CT molecular complexity index is 634. The summed E-state index contributed by atoms with van der Waals surface area (Å²) in [7, 11) is -3.43. The van der Waals surface area contributed by atoms with Gasteiger partial charge in [-0.05, 0) is 25.1 Å². The topological polar surface area (TPSA) is 64.4 Å². The molecule has 1 aliphatic heterocycles. The van der Waals surface area contributed by atoms with Crippen molar-refractivity contribution in [3.05, 3.63) is 28.7 Å². The van der Waals surface area contributed by atoms with Crippen LogP contribution in [0.5, 0.6) is 0 Å². The first kappa shape index (κ1) is 16.4. The van der Waals surface area contributed by atoms with Gasteiger partial charge in [-0.15, -0.1) is 0 Å². The van der Waals surface area contributed by atoms with Crippen molar-refractivity contribution in [1.29, 1.82) is 5.26 Å².